The summed E-state index contributed by atoms with van der Waals surface area (Å²) in [5, 5.41) is 22.6. The summed E-state index contributed by atoms with van der Waals surface area (Å²) in [5.74, 6) is 0. The van der Waals surface area contributed by atoms with Crippen molar-refractivity contribution in [2.24, 2.45) is 0 Å². The molecule has 0 saturated carbocycles. The average Bonchev–Trinajstić information content (AvgIpc) is 3.15. The first-order chi connectivity index (χ1) is 6.88. The molecule has 2 N–H and O–H groups in total. The molecule has 0 aliphatic carbocycles. The van der Waals surface area contributed by atoms with E-state index in [2.05, 4.69) is 6.92 Å². The fourth-order valence-electron chi connectivity index (χ4n) is 18.1. The topological polar surface area (TPSA) is 40.5 Å². The summed E-state index contributed by atoms with van der Waals surface area (Å²) in [6, 6.07) is 0. The van der Waals surface area contributed by atoms with Crippen molar-refractivity contribution < 1.29 is 16.7 Å². The van der Waals surface area contributed by atoms with Crippen LogP contribution >= 0.6 is 0 Å². The first-order valence-electron chi connectivity index (χ1n) is 6.54. The zero-order valence-corrected chi connectivity index (χ0v) is 9.60. The number of hydrogen-bond acceptors (Lipinski definition) is 2. The summed E-state index contributed by atoms with van der Waals surface area (Å²) in [6.07, 6.45) is 1.23. The third kappa shape index (κ3) is 0.0377. The Morgan fingerprint density at radius 2 is 1.67 bits per heavy atom. The van der Waals surface area contributed by atoms with Crippen LogP contribution in [-0.2, 0) is 6.51 Å². The molecule has 9 atom stereocenters. The van der Waals surface area contributed by atoms with Crippen molar-refractivity contribution in [3.63, 3.8) is 0 Å². The fourth-order valence-corrected chi connectivity index (χ4v) is 92.9. The van der Waals surface area contributed by atoms with E-state index in [0.29, 0.717) is 4.31 Å². The Labute approximate surface area is 77.3 Å². The molecule has 10 heterocycles. The van der Waals surface area contributed by atoms with Crippen molar-refractivity contribution in [3.8, 4) is 0 Å². The van der Waals surface area contributed by atoms with Crippen molar-refractivity contribution in [2.45, 2.75) is 60.4 Å². The van der Waals surface area contributed by atoms with Gasteiger partial charge >= 0.3 is 77.1 Å². The molecule has 82 valence electrons. The Morgan fingerprint density at radius 3 is 1.73 bits per heavy atom. The van der Waals surface area contributed by atoms with Crippen LogP contribution < -0.4 is 0 Å². The molecule has 1 spiro atoms. The summed E-state index contributed by atoms with van der Waals surface area (Å²) < 4.78 is 0.162. The van der Waals surface area contributed by atoms with E-state index >= 15 is 0 Å². The van der Waals surface area contributed by atoms with Crippen molar-refractivity contribution in [1.82, 2.24) is 0 Å². The maximum atomic E-state index is 11.4. The van der Waals surface area contributed by atoms with Crippen LogP contribution in [-0.4, -0.2) is 19.2 Å². The predicted octanol–water partition coefficient (Wildman–Crippen LogP) is 1.96. The van der Waals surface area contributed by atoms with E-state index in [-0.39, 0.29) is 9.00 Å². The molecule has 10 rings (SSSR count). The van der Waals surface area contributed by atoms with Crippen molar-refractivity contribution in [1.29, 1.82) is 0 Å². The van der Waals surface area contributed by atoms with E-state index in [1.807, 2.05) is 0 Å². The molecule has 10 aliphatic rings. The number of fused-ring (bicyclic) bond motifs is 10. The monoisotopic (exact) mass is 246 g/mol. The standard InChI is InChI=1S/C7H9O.C5H5O.Fe/c1-2-6-4-3-5-7(6)8;6-5-3-1-2-4-5;/h3-5,8H,2H2,1H3;1-4,6H;. The van der Waals surface area contributed by atoms with E-state index in [4.69, 9.17) is 0 Å². The summed E-state index contributed by atoms with van der Waals surface area (Å²) in [7, 11) is 0. The Hall–Kier alpha value is 0.439. The summed E-state index contributed by atoms with van der Waals surface area (Å²) >= 11 is 0. The van der Waals surface area contributed by atoms with E-state index in [0.717, 1.165) is 33.7 Å². The number of hydrogen-bond donors (Lipinski definition) is 2. The molecule has 0 bridgehead atoms. The SMILES string of the molecule is CC[C]12[CH]3[CH]4[CH]5[C]1(O)[Fe]45321678[CH]2[CH]1[CH]6[C]7(O)[CH]28. The third-order valence-corrected chi connectivity index (χ3v) is 58.7. The van der Waals surface area contributed by atoms with Crippen LogP contribution in [0.1, 0.15) is 13.3 Å². The van der Waals surface area contributed by atoms with Gasteiger partial charge in [-0.25, -0.2) is 0 Å². The van der Waals surface area contributed by atoms with Gasteiger partial charge in [-0.2, -0.15) is 0 Å². The third-order valence-electron chi connectivity index (χ3n) is 15.7. The van der Waals surface area contributed by atoms with Gasteiger partial charge < -0.3 is 0 Å². The molecular formula is C12H14FeO2. The second-order valence-corrected chi connectivity index (χ2v) is 33.2. The van der Waals surface area contributed by atoms with Crippen LogP contribution in [0.25, 0.3) is 0 Å². The summed E-state index contributed by atoms with van der Waals surface area (Å²) in [4.78, 5) is 6.34. The van der Waals surface area contributed by atoms with Gasteiger partial charge in [0.05, 0.1) is 0 Å². The number of rotatable bonds is 1. The maximum absolute atomic E-state index is 11.4. The van der Waals surface area contributed by atoms with Gasteiger partial charge in [0.2, 0.25) is 0 Å². The average molecular weight is 246 g/mol. The fraction of sp³-hybridized carbons (Fsp3) is 1.00. The normalized spacial score (nSPS) is 144. The Morgan fingerprint density at radius 1 is 1.00 bits per heavy atom. The van der Waals surface area contributed by atoms with E-state index in [1.54, 1.807) is 0 Å². The van der Waals surface area contributed by atoms with Gasteiger partial charge in [-0.05, 0) is 0 Å². The minimum atomic E-state index is -3.73. The van der Waals surface area contributed by atoms with Crippen molar-refractivity contribution >= 4 is 0 Å². The Balaban J connectivity index is 1.97. The molecule has 0 amide bonds. The molecule has 0 radical (unpaired) electrons. The van der Waals surface area contributed by atoms with Gasteiger partial charge in [0, 0.05) is 0 Å². The molecule has 3 heteroatoms. The molecular weight excluding hydrogens is 232 g/mol. The molecule has 0 aromatic rings. The Kier molecular flexibility index (Phi) is 0.128. The first-order valence-corrected chi connectivity index (χ1v) is 12.7. The molecule has 10 aliphatic heterocycles. The molecule has 10 saturated heterocycles. The quantitative estimate of drug-likeness (QED) is 0.694. The van der Waals surface area contributed by atoms with Gasteiger partial charge in [-0.1, -0.05) is 0 Å². The summed E-state index contributed by atoms with van der Waals surface area (Å²) in [5.41, 5.74) is 0. The Bertz CT molecular complexity index is 1010. The van der Waals surface area contributed by atoms with Gasteiger partial charge in [-0.15, -0.1) is 0 Å². The van der Waals surface area contributed by atoms with Crippen LogP contribution in [0.15, 0.2) is 0 Å². The molecule has 2 nitrogen and oxygen atoms in total. The minimum absolute atomic E-state index is 0.130. The zero-order chi connectivity index (χ0) is 9.56. The van der Waals surface area contributed by atoms with Crippen molar-refractivity contribution in [3.05, 3.63) is 0 Å². The van der Waals surface area contributed by atoms with Crippen molar-refractivity contribution in [2.75, 3.05) is 0 Å². The second kappa shape index (κ2) is 0.357. The molecule has 15 heavy (non-hydrogen) atoms. The molecule has 0 aromatic carbocycles. The number of aliphatic hydroxyl groups is 2. The molecule has 9 unspecified atom stereocenters. The second-order valence-electron chi connectivity index (χ2n) is 10.3. The van der Waals surface area contributed by atoms with E-state index < -0.39 is 6.51 Å². The predicted molar refractivity (Wildman–Crippen MR) is 49.1 cm³/mol. The zero-order valence-electron chi connectivity index (χ0n) is 8.50. The van der Waals surface area contributed by atoms with Crippen LogP contribution in [0.5, 0.6) is 0 Å². The van der Waals surface area contributed by atoms with E-state index in [1.165, 1.54) is 6.42 Å². The van der Waals surface area contributed by atoms with Crippen LogP contribution in [0.4, 0.5) is 0 Å². The van der Waals surface area contributed by atoms with E-state index in [9.17, 15) is 10.2 Å². The van der Waals surface area contributed by atoms with Crippen LogP contribution in [0.3, 0.4) is 0 Å². The molecule has 0 aromatic heterocycles. The van der Waals surface area contributed by atoms with Gasteiger partial charge in [0.1, 0.15) is 0 Å². The van der Waals surface area contributed by atoms with Gasteiger partial charge in [-0.3, -0.25) is 0 Å². The van der Waals surface area contributed by atoms with Crippen LogP contribution in [0.2, 0.25) is 38.0 Å². The summed E-state index contributed by atoms with van der Waals surface area (Å²) in [6.45, 7) is -1.41. The molecule has 10 fully saturated rings. The van der Waals surface area contributed by atoms with Crippen LogP contribution in [0, 0.1) is 0 Å². The van der Waals surface area contributed by atoms with Gasteiger partial charge in [0.25, 0.3) is 0 Å². The van der Waals surface area contributed by atoms with Gasteiger partial charge in [0.15, 0.2) is 0 Å². The first kappa shape index (κ1) is 5.39.